The van der Waals surface area contributed by atoms with E-state index in [0.717, 1.165) is 22.3 Å². The molecule has 0 saturated carbocycles. The zero-order valence-corrected chi connectivity index (χ0v) is 18.3. The lowest BCUT2D eigenvalue weighted by Gasteiger charge is -2.07. The van der Waals surface area contributed by atoms with Gasteiger partial charge in [-0.25, -0.2) is 18.5 Å². The molecule has 10 heteroatoms. The Morgan fingerprint density at radius 2 is 1.81 bits per heavy atom. The molecule has 5 aromatic rings. The zero-order valence-electron chi connectivity index (χ0n) is 16.7. The lowest BCUT2D eigenvalue weighted by atomic mass is 10.1. The minimum absolute atomic E-state index is 0.0283. The molecule has 160 valence electrons. The van der Waals surface area contributed by atoms with Gasteiger partial charge in [-0.05, 0) is 53.9 Å². The highest BCUT2D eigenvalue weighted by molar-refractivity contribution is 7.89. The first-order chi connectivity index (χ1) is 15.3. The predicted molar refractivity (Wildman–Crippen MR) is 120 cm³/mol. The average molecular weight is 466 g/mol. The summed E-state index contributed by atoms with van der Waals surface area (Å²) in [6, 6.07) is 15.7. The summed E-state index contributed by atoms with van der Waals surface area (Å²) in [6.45, 7) is 1.98. The minimum atomic E-state index is -3.85. The SMILES string of the molecule is Cc1cc(-c2ccc(Cl)cc2)cn2c(-c3nc(-c4cccc(S(N)(=O)=O)c4)no3)cnc12. The quantitative estimate of drug-likeness (QED) is 0.422. The fourth-order valence-corrected chi connectivity index (χ4v) is 4.16. The van der Waals surface area contributed by atoms with Crippen LogP contribution in [0.1, 0.15) is 5.56 Å². The molecule has 0 spiro atoms. The van der Waals surface area contributed by atoms with Gasteiger partial charge in [-0.3, -0.25) is 4.40 Å². The van der Waals surface area contributed by atoms with Crippen molar-refractivity contribution in [1.82, 2.24) is 19.5 Å². The van der Waals surface area contributed by atoms with Crippen LogP contribution in [0.3, 0.4) is 0 Å². The largest absolute Gasteiger partial charge is 0.332 e. The Bertz CT molecular complexity index is 1570. The Morgan fingerprint density at radius 3 is 2.56 bits per heavy atom. The van der Waals surface area contributed by atoms with Gasteiger partial charge in [-0.1, -0.05) is 41.0 Å². The Kier molecular flexibility index (Phi) is 4.81. The first kappa shape index (κ1) is 20.4. The third kappa shape index (κ3) is 3.66. The van der Waals surface area contributed by atoms with Crippen molar-refractivity contribution in [3.8, 4) is 34.1 Å². The first-order valence-corrected chi connectivity index (χ1v) is 11.4. The average Bonchev–Trinajstić information content (AvgIpc) is 3.41. The Balaban J connectivity index is 1.59. The van der Waals surface area contributed by atoms with Crippen LogP contribution >= 0.6 is 11.6 Å². The van der Waals surface area contributed by atoms with E-state index >= 15 is 0 Å². The summed E-state index contributed by atoms with van der Waals surface area (Å²) in [5.41, 5.74) is 4.80. The number of pyridine rings is 1. The van der Waals surface area contributed by atoms with Crippen molar-refractivity contribution in [2.24, 2.45) is 5.14 Å². The molecule has 0 bridgehead atoms. The van der Waals surface area contributed by atoms with E-state index in [1.807, 2.05) is 47.9 Å². The number of hydrogen-bond acceptors (Lipinski definition) is 6. The van der Waals surface area contributed by atoms with Crippen LogP contribution in [-0.2, 0) is 10.0 Å². The summed E-state index contributed by atoms with van der Waals surface area (Å²) in [7, 11) is -3.85. The maximum Gasteiger partial charge on any atom is 0.276 e. The molecule has 0 radical (unpaired) electrons. The summed E-state index contributed by atoms with van der Waals surface area (Å²) >= 11 is 6.02. The van der Waals surface area contributed by atoms with E-state index in [9.17, 15) is 8.42 Å². The number of rotatable bonds is 4. The molecule has 0 atom stereocenters. The van der Waals surface area contributed by atoms with Gasteiger partial charge in [0.25, 0.3) is 5.89 Å². The molecule has 0 aliphatic carbocycles. The van der Waals surface area contributed by atoms with Gasteiger partial charge in [0.1, 0.15) is 11.3 Å². The van der Waals surface area contributed by atoms with E-state index in [2.05, 4.69) is 15.1 Å². The van der Waals surface area contributed by atoms with Crippen molar-refractivity contribution in [3.05, 3.63) is 77.6 Å². The van der Waals surface area contributed by atoms with Crippen LogP contribution in [0.5, 0.6) is 0 Å². The van der Waals surface area contributed by atoms with Gasteiger partial charge in [-0.2, -0.15) is 4.98 Å². The third-order valence-electron chi connectivity index (χ3n) is 5.03. The molecular weight excluding hydrogens is 450 g/mol. The van der Waals surface area contributed by atoms with E-state index in [1.165, 1.54) is 12.1 Å². The minimum Gasteiger partial charge on any atom is -0.332 e. The highest BCUT2D eigenvalue weighted by Gasteiger charge is 2.18. The predicted octanol–water partition coefficient (Wildman–Crippen LogP) is 4.33. The van der Waals surface area contributed by atoms with Crippen LogP contribution in [0.2, 0.25) is 5.02 Å². The van der Waals surface area contributed by atoms with Crippen molar-refractivity contribution < 1.29 is 12.9 Å². The number of imidazole rings is 1. The number of nitrogens with zero attached hydrogens (tertiary/aromatic N) is 4. The molecule has 32 heavy (non-hydrogen) atoms. The van der Waals surface area contributed by atoms with Gasteiger partial charge in [0.2, 0.25) is 15.8 Å². The second-order valence-electron chi connectivity index (χ2n) is 7.25. The third-order valence-corrected chi connectivity index (χ3v) is 6.20. The zero-order chi connectivity index (χ0) is 22.5. The summed E-state index contributed by atoms with van der Waals surface area (Å²) in [6.07, 6.45) is 3.60. The lowest BCUT2D eigenvalue weighted by molar-refractivity contribution is 0.430. The number of aromatic nitrogens is 4. The summed E-state index contributed by atoms with van der Waals surface area (Å²) in [4.78, 5) is 8.91. The van der Waals surface area contributed by atoms with Crippen molar-refractivity contribution >= 4 is 27.3 Å². The Morgan fingerprint density at radius 1 is 1.03 bits per heavy atom. The number of halogens is 1. The Labute approximate surface area is 188 Å². The molecular formula is C22H16ClN5O3S. The molecule has 0 aliphatic rings. The molecule has 0 unspecified atom stereocenters. The van der Waals surface area contributed by atoms with Crippen molar-refractivity contribution in [1.29, 1.82) is 0 Å². The van der Waals surface area contributed by atoms with Gasteiger partial charge in [-0.15, -0.1) is 0 Å². The molecule has 0 fully saturated rings. The normalized spacial score (nSPS) is 11.8. The first-order valence-electron chi connectivity index (χ1n) is 9.50. The van der Waals surface area contributed by atoms with E-state index in [-0.39, 0.29) is 16.6 Å². The summed E-state index contributed by atoms with van der Waals surface area (Å²) in [5, 5.41) is 9.90. The van der Waals surface area contributed by atoms with Gasteiger partial charge in [0.05, 0.1) is 11.1 Å². The molecule has 0 aliphatic heterocycles. The second kappa shape index (κ2) is 7.56. The molecule has 3 aromatic heterocycles. The van der Waals surface area contributed by atoms with Gasteiger partial charge < -0.3 is 4.52 Å². The van der Waals surface area contributed by atoms with Crippen LogP contribution in [0.4, 0.5) is 0 Å². The van der Waals surface area contributed by atoms with Crippen LogP contribution < -0.4 is 5.14 Å². The van der Waals surface area contributed by atoms with Crippen LogP contribution in [0.25, 0.3) is 39.7 Å². The molecule has 3 heterocycles. The van der Waals surface area contributed by atoms with E-state index in [0.29, 0.717) is 16.3 Å². The van der Waals surface area contributed by atoms with Crippen molar-refractivity contribution in [3.63, 3.8) is 0 Å². The number of nitrogens with two attached hydrogens (primary N) is 1. The molecule has 0 amide bonds. The molecule has 8 nitrogen and oxygen atoms in total. The monoisotopic (exact) mass is 465 g/mol. The summed E-state index contributed by atoms with van der Waals surface area (Å²) < 4.78 is 30.7. The highest BCUT2D eigenvalue weighted by Crippen LogP contribution is 2.29. The van der Waals surface area contributed by atoms with Gasteiger partial charge in [0, 0.05) is 16.8 Å². The van der Waals surface area contributed by atoms with Gasteiger partial charge in [0.15, 0.2) is 0 Å². The fraction of sp³-hybridized carbons (Fsp3) is 0.0455. The van der Waals surface area contributed by atoms with Crippen molar-refractivity contribution in [2.45, 2.75) is 11.8 Å². The molecule has 2 aromatic carbocycles. The summed E-state index contributed by atoms with van der Waals surface area (Å²) in [5.74, 6) is 0.493. The maximum atomic E-state index is 11.6. The van der Waals surface area contributed by atoms with Crippen LogP contribution in [0.15, 0.2) is 76.4 Å². The van der Waals surface area contributed by atoms with E-state index in [1.54, 1.807) is 18.3 Å². The number of hydrogen-bond donors (Lipinski definition) is 1. The fourth-order valence-electron chi connectivity index (χ4n) is 3.47. The number of primary sulfonamides is 1. The smallest absolute Gasteiger partial charge is 0.276 e. The second-order valence-corrected chi connectivity index (χ2v) is 9.25. The Hall–Kier alpha value is -3.53. The van der Waals surface area contributed by atoms with Crippen LogP contribution in [0, 0.1) is 6.92 Å². The maximum absolute atomic E-state index is 11.6. The van der Waals surface area contributed by atoms with E-state index < -0.39 is 10.0 Å². The van der Waals surface area contributed by atoms with Crippen molar-refractivity contribution in [2.75, 3.05) is 0 Å². The molecule has 5 rings (SSSR count). The topological polar surface area (TPSA) is 116 Å². The standard InChI is InChI=1S/C22H16ClN5O3S/c1-13-9-16(14-5-7-17(23)8-6-14)12-28-19(11-25-21(13)28)22-26-20(27-31-22)15-3-2-4-18(10-15)32(24,29)30/h2-12H,1H3,(H2,24,29,30). The van der Waals surface area contributed by atoms with Crippen LogP contribution in [-0.4, -0.2) is 27.9 Å². The van der Waals surface area contributed by atoms with E-state index in [4.69, 9.17) is 21.3 Å². The lowest BCUT2D eigenvalue weighted by Crippen LogP contribution is -2.11. The molecule has 0 saturated heterocycles. The number of aryl methyl sites for hydroxylation is 1. The highest BCUT2D eigenvalue weighted by atomic mass is 35.5. The van der Waals surface area contributed by atoms with Gasteiger partial charge >= 0.3 is 0 Å². The number of sulfonamides is 1. The number of fused-ring (bicyclic) bond motifs is 1. The number of benzene rings is 2. The molecule has 2 N–H and O–H groups in total.